The fourth-order valence-corrected chi connectivity index (χ4v) is 3.70. The van der Waals surface area contributed by atoms with Gasteiger partial charge in [0.15, 0.2) is 0 Å². The number of hydrogen-bond donors (Lipinski definition) is 1. The van der Waals surface area contributed by atoms with Gasteiger partial charge in [-0.15, -0.1) is 0 Å². The first-order valence-corrected chi connectivity index (χ1v) is 10.1. The molecule has 0 spiro atoms. The summed E-state index contributed by atoms with van der Waals surface area (Å²) in [6.45, 7) is 1.90. The quantitative estimate of drug-likeness (QED) is 0.540. The van der Waals surface area contributed by atoms with Crippen LogP contribution < -0.4 is 9.46 Å². The number of benzene rings is 3. The molecular weight excluding hydrogens is 374 g/mol. The molecule has 1 aromatic heterocycles. The van der Waals surface area contributed by atoms with Gasteiger partial charge in [0.25, 0.3) is 15.9 Å². The van der Waals surface area contributed by atoms with Gasteiger partial charge in [0.05, 0.1) is 15.9 Å². The van der Waals surface area contributed by atoms with Crippen molar-refractivity contribution >= 4 is 26.9 Å². The van der Waals surface area contributed by atoms with Crippen LogP contribution in [0.4, 0.5) is 5.82 Å². The van der Waals surface area contributed by atoms with E-state index in [0.29, 0.717) is 16.8 Å². The molecule has 7 heteroatoms. The molecular formula is C21H17N3O3S. The van der Waals surface area contributed by atoms with Gasteiger partial charge in [-0.3, -0.25) is 4.72 Å². The number of rotatable bonds is 5. The lowest BCUT2D eigenvalue weighted by atomic mass is 10.2. The Bertz CT molecular complexity index is 1240. The van der Waals surface area contributed by atoms with E-state index in [1.165, 1.54) is 12.1 Å². The predicted molar refractivity (Wildman–Crippen MR) is 108 cm³/mol. The maximum Gasteiger partial charge on any atom is 0.264 e. The van der Waals surface area contributed by atoms with Crippen molar-refractivity contribution in [1.82, 2.24) is 9.97 Å². The van der Waals surface area contributed by atoms with Crippen molar-refractivity contribution in [3.63, 3.8) is 0 Å². The highest BCUT2D eigenvalue weighted by Gasteiger charge is 2.20. The number of nitrogens with zero attached hydrogens (tertiary/aromatic N) is 2. The summed E-state index contributed by atoms with van der Waals surface area (Å²) < 4.78 is 34.0. The molecule has 0 aliphatic heterocycles. The molecule has 3 aromatic carbocycles. The van der Waals surface area contributed by atoms with Crippen molar-refractivity contribution in [3.8, 4) is 11.6 Å². The third-order valence-corrected chi connectivity index (χ3v) is 5.48. The van der Waals surface area contributed by atoms with E-state index in [4.69, 9.17) is 4.74 Å². The van der Waals surface area contributed by atoms with Crippen molar-refractivity contribution in [1.29, 1.82) is 0 Å². The summed E-state index contributed by atoms with van der Waals surface area (Å²) in [6.07, 6.45) is 0. The molecule has 0 aliphatic carbocycles. The van der Waals surface area contributed by atoms with E-state index in [0.717, 1.165) is 5.56 Å². The minimum atomic E-state index is -3.84. The van der Waals surface area contributed by atoms with Gasteiger partial charge in [0.1, 0.15) is 5.75 Å². The van der Waals surface area contributed by atoms with Gasteiger partial charge in [0, 0.05) is 0 Å². The summed E-state index contributed by atoms with van der Waals surface area (Å²) in [5.41, 5.74) is 2.06. The van der Waals surface area contributed by atoms with Gasteiger partial charge in [0.2, 0.25) is 5.82 Å². The largest absolute Gasteiger partial charge is 0.436 e. The second kappa shape index (κ2) is 7.28. The van der Waals surface area contributed by atoms with Gasteiger partial charge in [-0.1, -0.05) is 48.5 Å². The average molecular weight is 391 g/mol. The topological polar surface area (TPSA) is 81.2 Å². The van der Waals surface area contributed by atoms with E-state index >= 15 is 0 Å². The Labute approximate surface area is 162 Å². The summed E-state index contributed by atoms with van der Waals surface area (Å²) in [6, 6.07) is 22.7. The molecule has 0 saturated heterocycles. The highest BCUT2D eigenvalue weighted by Crippen LogP contribution is 2.31. The molecule has 0 atom stereocenters. The average Bonchev–Trinajstić information content (AvgIpc) is 2.70. The second-order valence-electron chi connectivity index (χ2n) is 6.15. The molecule has 4 aromatic rings. The third kappa shape index (κ3) is 3.65. The van der Waals surface area contributed by atoms with Crippen molar-refractivity contribution in [2.75, 3.05) is 4.72 Å². The molecule has 0 unspecified atom stereocenters. The Balaban J connectivity index is 1.81. The van der Waals surface area contributed by atoms with E-state index in [1.807, 2.05) is 37.3 Å². The van der Waals surface area contributed by atoms with Crippen LogP contribution >= 0.6 is 0 Å². The standard InChI is InChI=1S/C21H17N3O3S/c1-15-9-5-8-14-19(15)27-21-20(22-17-12-6-7-13-18(17)23-21)24-28(25,26)16-10-3-2-4-11-16/h2-14H,1H3,(H,22,24). The number of para-hydroxylation sites is 3. The maximum atomic E-state index is 12.8. The Morgan fingerprint density at radius 3 is 2.11 bits per heavy atom. The van der Waals surface area contributed by atoms with Gasteiger partial charge in [-0.25, -0.2) is 18.4 Å². The summed E-state index contributed by atoms with van der Waals surface area (Å²) >= 11 is 0. The van der Waals surface area contributed by atoms with Crippen LogP contribution in [-0.4, -0.2) is 18.4 Å². The molecule has 0 bridgehead atoms. The monoisotopic (exact) mass is 391 g/mol. The van der Waals surface area contributed by atoms with Crippen molar-refractivity contribution < 1.29 is 13.2 Å². The van der Waals surface area contributed by atoms with Crippen LogP contribution in [-0.2, 0) is 10.0 Å². The molecule has 0 fully saturated rings. The lowest BCUT2D eigenvalue weighted by Gasteiger charge is -2.14. The predicted octanol–water partition coefficient (Wildman–Crippen LogP) is 4.53. The summed E-state index contributed by atoms with van der Waals surface area (Å²) in [7, 11) is -3.84. The van der Waals surface area contributed by atoms with E-state index in [1.54, 1.807) is 36.4 Å². The summed E-state index contributed by atoms with van der Waals surface area (Å²) in [5, 5.41) is 0. The number of aryl methyl sites for hydroxylation is 1. The minimum Gasteiger partial charge on any atom is -0.436 e. The zero-order chi connectivity index (χ0) is 19.6. The fourth-order valence-electron chi connectivity index (χ4n) is 2.68. The number of ether oxygens (including phenoxy) is 1. The normalized spacial score (nSPS) is 11.3. The van der Waals surface area contributed by atoms with Crippen LogP contribution in [0, 0.1) is 6.92 Å². The van der Waals surface area contributed by atoms with Crippen molar-refractivity contribution in [2.24, 2.45) is 0 Å². The van der Waals surface area contributed by atoms with Crippen LogP contribution in [0.3, 0.4) is 0 Å². The highest BCUT2D eigenvalue weighted by atomic mass is 32.2. The molecule has 0 aliphatic rings. The number of anilines is 1. The van der Waals surface area contributed by atoms with E-state index in [-0.39, 0.29) is 16.6 Å². The van der Waals surface area contributed by atoms with Crippen molar-refractivity contribution in [2.45, 2.75) is 11.8 Å². The molecule has 140 valence electrons. The van der Waals surface area contributed by atoms with Crippen LogP contribution in [0.5, 0.6) is 11.6 Å². The molecule has 28 heavy (non-hydrogen) atoms. The van der Waals surface area contributed by atoms with Crippen LogP contribution in [0.2, 0.25) is 0 Å². The number of sulfonamides is 1. The van der Waals surface area contributed by atoms with Crippen LogP contribution in [0.1, 0.15) is 5.56 Å². The number of fused-ring (bicyclic) bond motifs is 1. The molecule has 0 radical (unpaired) electrons. The lowest BCUT2D eigenvalue weighted by Crippen LogP contribution is -2.15. The summed E-state index contributed by atoms with van der Waals surface area (Å²) in [4.78, 5) is 9.04. The smallest absolute Gasteiger partial charge is 0.264 e. The Hall–Kier alpha value is -3.45. The first-order chi connectivity index (χ1) is 13.5. The molecule has 4 rings (SSSR count). The zero-order valence-electron chi connectivity index (χ0n) is 15.0. The zero-order valence-corrected chi connectivity index (χ0v) is 15.8. The van der Waals surface area contributed by atoms with Gasteiger partial charge in [-0.2, -0.15) is 0 Å². The SMILES string of the molecule is Cc1ccccc1Oc1nc2ccccc2nc1NS(=O)(=O)c1ccccc1. The number of aromatic nitrogens is 2. The Morgan fingerprint density at radius 2 is 1.39 bits per heavy atom. The third-order valence-electron chi connectivity index (χ3n) is 4.12. The lowest BCUT2D eigenvalue weighted by molar-refractivity contribution is 0.462. The fraction of sp³-hybridized carbons (Fsp3) is 0.0476. The maximum absolute atomic E-state index is 12.8. The molecule has 0 amide bonds. The first-order valence-electron chi connectivity index (χ1n) is 8.61. The second-order valence-corrected chi connectivity index (χ2v) is 7.83. The Kier molecular flexibility index (Phi) is 4.67. The van der Waals surface area contributed by atoms with E-state index < -0.39 is 10.0 Å². The van der Waals surface area contributed by atoms with Gasteiger partial charge >= 0.3 is 0 Å². The minimum absolute atomic E-state index is 0.0332. The van der Waals surface area contributed by atoms with Crippen LogP contribution in [0.25, 0.3) is 11.0 Å². The molecule has 0 saturated carbocycles. The molecule has 6 nitrogen and oxygen atoms in total. The highest BCUT2D eigenvalue weighted by molar-refractivity contribution is 7.92. The van der Waals surface area contributed by atoms with E-state index in [9.17, 15) is 8.42 Å². The summed E-state index contributed by atoms with van der Waals surface area (Å²) in [5.74, 6) is 0.700. The number of nitrogens with one attached hydrogen (secondary N) is 1. The van der Waals surface area contributed by atoms with E-state index in [2.05, 4.69) is 14.7 Å². The number of hydrogen-bond acceptors (Lipinski definition) is 5. The first kappa shape index (κ1) is 17.9. The van der Waals surface area contributed by atoms with Crippen LogP contribution in [0.15, 0.2) is 83.8 Å². The molecule has 1 N–H and O–H groups in total. The van der Waals surface area contributed by atoms with Crippen molar-refractivity contribution in [3.05, 3.63) is 84.4 Å². The van der Waals surface area contributed by atoms with Gasteiger partial charge in [-0.05, 0) is 42.8 Å². The molecule has 1 heterocycles. The Morgan fingerprint density at radius 1 is 0.786 bits per heavy atom. The van der Waals surface area contributed by atoms with Gasteiger partial charge < -0.3 is 4.74 Å².